The second kappa shape index (κ2) is 5.89. The van der Waals surface area contributed by atoms with E-state index in [1.165, 1.54) is 6.07 Å². The summed E-state index contributed by atoms with van der Waals surface area (Å²) in [5, 5.41) is 9.18. The van der Waals surface area contributed by atoms with Crippen LogP contribution in [0, 0.1) is 0 Å². The lowest BCUT2D eigenvalue weighted by Crippen LogP contribution is -2.08. The predicted molar refractivity (Wildman–Crippen MR) is 83.1 cm³/mol. The maximum atomic E-state index is 11.2. The summed E-state index contributed by atoms with van der Waals surface area (Å²) in [5.41, 5.74) is 2.12. The van der Waals surface area contributed by atoms with Crippen LogP contribution in [0.25, 0.3) is 11.0 Å². The van der Waals surface area contributed by atoms with Gasteiger partial charge in [-0.25, -0.2) is 9.78 Å². The Morgan fingerprint density at radius 2 is 1.91 bits per heavy atom. The summed E-state index contributed by atoms with van der Waals surface area (Å²) >= 11 is 0. The van der Waals surface area contributed by atoms with Gasteiger partial charge in [0.1, 0.15) is 23.7 Å². The lowest BCUT2D eigenvalue weighted by Gasteiger charge is -2.10. The first-order valence-electron chi connectivity index (χ1n) is 7.10. The molecule has 0 aliphatic rings. The fraction of sp³-hybridized carbons (Fsp3) is 0.176. The minimum Gasteiger partial charge on any atom is -0.485 e. The standard InChI is InChI=1S/C17H16N2O3/c1-2-19-14-9-5-4-8-13(14)18-16(19)11-22-15-10-6-3-7-12(15)17(20)21/h3-10H,2,11H2,1H3,(H,20,21). The average Bonchev–Trinajstić information content (AvgIpc) is 2.90. The molecule has 112 valence electrons. The van der Waals surface area contributed by atoms with Gasteiger partial charge < -0.3 is 14.4 Å². The number of para-hydroxylation sites is 3. The largest absolute Gasteiger partial charge is 0.485 e. The summed E-state index contributed by atoms with van der Waals surface area (Å²) < 4.78 is 7.76. The molecule has 5 nitrogen and oxygen atoms in total. The molecule has 0 aliphatic carbocycles. The maximum absolute atomic E-state index is 11.2. The third kappa shape index (κ3) is 2.53. The van der Waals surface area contributed by atoms with Crippen molar-refractivity contribution in [2.24, 2.45) is 0 Å². The Bertz CT molecular complexity index is 824. The van der Waals surface area contributed by atoms with Crippen molar-refractivity contribution in [1.29, 1.82) is 0 Å². The molecule has 0 amide bonds. The van der Waals surface area contributed by atoms with Gasteiger partial charge in [0.25, 0.3) is 0 Å². The van der Waals surface area contributed by atoms with Crippen molar-refractivity contribution in [2.45, 2.75) is 20.1 Å². The van der Waals surface area contributed by atoms with Gasteiger partial charge in [0.2, 0.25) is 0 Å². The van der Waals surface area contributed by atoms with Crippen molar-refractivity contribution in [2.75, 3.05) is 0 Å². The molecule has 0 spiro atoms. The van der Waals surface area contributed by atoms with Crippen LogP contribution < -0.4 is 4.74 Å². The molecule has 1 heterocycles. The lowest BCUT2D eigenvalue weighted by molar-refractivity contribution is 0.0691. The molecule has 0 radical (unpaired) electrons. The predicted octanol–water partition coefficient (Wildman–Crippen LogP) is 3.33. The first-order valence-corrected chi connectivity index (χ1v) is 7.10. The Balaban J connectivity index is 1.90. The van der Waals surface area contributed by atoms with Crippen LogP contribution in [0.5, 0.6) is 5.75 Å². The van der Waals surface area contributed by atoms with Crippen LogP contribution in [-0.4, -0.2) is 20.6 Å². The summed E-state index contributed by atoms with van der Waals surface area (Å²) in [4.78, 5) is 15.8. The van der Waals surface area contributed by atoms with Gasteiger partial charge in [-0.3, -0.25) is 0 Å². The number of hydrogen-bond donors (Lipinski definition) is 1. The minimum atomic E-state index is -1.00. The number of benzene rings is 2. The van der Waals surface area contributed by atoms with E-state index in [1.807, 2.05) is 31.2 Å². The Hall–Kier alpha value is -2.82. The molecule has 5 heteroatoms. The number of nitrogens with zero attached hydrogens (tertiary/aromatic N) is 2. The minimum absolute atomic E-state index is 0.154. The van der Waals surface area contributed by atoms with Gasteiger partial charge in [-0.1, -0.05) is 24.3 Å². The fourth-order valence-electron chi connectivity index (χ4n) is 2.50. The Kier molecular flexibility index (Phi) is 3.78. The van der Waals surface area contributed by atoms with Crippen molar-refractivity contribution >= 4 is 17.0 Å². The molecule has 1 aromatic heterocycles. The van der Waals surface area contributed by atoms with E-state index < -0.39 is 5.97 Å². The highest BCUT2D eigenvalue weighted by Crippen LogP contribution is 2.21. The Morgan fingerprint density at radius 3 is 2.68 bits per heavy atom. The number of carbonyl (C=O) groups is 1. The number of fused-ring (bicyclic) bond motifs is 1. The molecule has 0 saturated carbocycles. The number of ether oxygens (including phenoxy) is 1. The van der Waals surface area contributed by atoms with Crippen molar-refractivity contribution in [3.05, 3.63) is 59.9 Å². The van der Waals surface area contributed by atoms with Crippen LogP contribution >= 0.6 is 0 Å². The van der Waals surface area contributed by atoms with E-state index in [4.69, 9.17) is 4.74 Å². The number of aryl methyl sites for hydroxylation is 1. The van der Waals surface area contributed by atoms with E-state index in [0.717, 1.165) is 23.4 Å². The lowest BCUT2D eigenvalue weighted by atomic mass is 10.2. The van der Waals surface area contributed by atoms with Crippen LogP contribution in [0.15, 0.2) is 48.5 Å². The number of rotatable bonds is 5. The second-order valence-electron chi connectivity index (χ2n) is 4.85. The summed E-state index contributed by atoms with van der Waals surface area (Å²) in [6, 6.07) is 14.5. The zero-order valence-electron chi connectivity index (χ0n) is 12.2. The molecule has 0 saturated heterocycles. The summed E-state index contributed by atoms with van der Waals surface area (Å²) in [6.07, 6.45) is 0. The third-order valence-corrected chi connectivity index (χ3v) is 3.52. The zero-order valence-corrected chi connectivity index (χ0v) is 12.2. The van der Waals surface area contributed by atoms with E-state index in [1.54, 1.807) is 18.2 Å². The van der Waals surface area contributed by atoms with E-state index in [0.29, 0.717) is 5.75 Å². The zero-order chi connectivity index (χ0) is 15.5. The topological polar surface area (TPSA) is 64.3 Å². The summed E-state index contributed by atoms with van der Waals surface area (Å²) in [6.45, 7) is 3.05. The smallest absolute Gasteiger partial charge is 0.339 e. The van der Waals surface area contributed by atoms with Crippen molar-refractivity contribution in [3.8, 4) is 5.75 Å². The number of carboxylic acid groups (broad SMARTS) is 1. The molecule has 3 rings (SSSR count). The molecule has 0 unspecified atom stereocenters. The number of imidazole rings is 1. The quantitative estimate of drug-likeness (QED) is 0.784. The Morgan fingerprint density at radius 1 is 1.18 bits per heavy atom. The van der Waals surface area contributed by atoms with Crippen LogP contribution in [0.1, 0.15) is 23.1 Å². The monoisotopic (exact) mass is 296 g/mol. The molecule has 0 aliphatic heterocycles. The van der Waals surface area contributed by atoms with Gasteiger partial charge in [0.05, 0.1) is 11.0 Å². The first kappa shape index (κ1) is 14.1. The first-order chi connectivity index (χ1) is 10.7. The molecule has 0 fully saturated rings. The van der Waals surface area contributed by atoms with E-state index in [9.17, 15) is 9.90 Å². The summed E-state index contributed by atoms with van der Waals surface area (Å²) in [5.74, 6) is 0.133. The van der Waals surface area contributed by atoms with E-state index >= 15 is 0 Å². The number of carboxylic acids is 1. The van der Waals surface area contributed by atoms with Crippen LogP contribution in [0.4, 0.5) is 0 Å². The van der Waals surface area contributed by atoms with Crippen LogP contribution in [0.2, 0.25) is 0 Å². The number of aromatic carboxylic acids is 1. The molecule has 0 atom stereocenters. The van der Waals surface area contributed by atoms with Gasteiger partial charge in [-0.15, -0.1) is 0 Å². The molecule has 3 aromatic rings. The van der Waals surface area contributed by atoms with Gasteiger partial charge in [-0.2, -0.15) is 0 Å². The van der Waals surface area contributed by atoms with Gasteiger partial charge >= 0.3 is 5.97 Å². The molecular formula is C17H16N2O3. The normalized spacial score (nSPS) is 10.8. The van der Waals surface area contributed by atoms with Crippen molar-refractivity contribution in [1.82, 2.24) is 9.55 Å². The molecule has 2 aromatic carbocycles. The SMILES string of the molecule is CCn1c(COc2ccccc2C(=O)O)nc2ccccc21. The molecule has 22 heavy (non-hydrogen) atoms. The molecule has 0 bridgehead atoms. The highest BCUT2D eigenvalue weighted by Gasteiger charge is 2.13. The summed E-state index contributed by atoms with van der Waals surface area (Å²) in [7, 11) is 0. The molecule has 1 N–H and O–H groups in total. The van der Waals surface area contributed by atoms with Crippen molar-refractivity contribution in [3.63, 3.8) is 0 Å². The van der Waals surface area contributed by atoms with Crippen LogP contribution in [-0.2, 0) is 13.2 Å². The fourth-order valence-corrected chi connectivity index (χ4v) is 2.50. The average molecular weight is 296 g/mol. The maximum Gasteiger partial charge on any atom is 0.339 e. The van der Waals surface area contributed by atoms with Gasteiger partial charge in [0, 0.05) is 6.54 Å². The van der Waals surface area contributed by atoms with Gasteiger partial charge in [-0.05, 0) is 31.2 Å². The van der Waals surface area contributed by atoms with E-state index in [-0.39, 0.29) is 12.2 Å². The van der Waals surface area contributed by atoms with Gasteiger partial charge in [0.15, 0.2) is 0 Å². The van der Waals surface area contributed by atoms with Crippen molar-refractivity contribution < 1.29 is 14.6 Å². The molecular weight excluding hydrogens is 280 g/mol. The Labute approximate surface area is 127 Å². The van der Waals surface area contributed by atoms with Crippen LogP contribution in [0.3, 0.4) is 0 Å². The highest BCUT2D eigenvalue weighted by molar-refractivity contribution is 5.90. The highest BCUT2D eigenvalue weighted by atomic mass is 16.5. The van der Waals surface area contributed by atoms with E-state index in [2.05, 4.69) is 9.55 Å². The number of hydrogen-bond acceptors (Lipinski definition) is 3. The number of aromatic nitrogens is 2. The third-order valence-electron chi connectivity index (χ3n) is 3.52. The second-order valence-corrected chi connectivity index (χ2v) is 4.85.